The van der Waals surface area contributed by atoms with E-state index in [0.29, 0.717) is 11.5 Å². The van der Waals surface area contributed by atoms with Crippen LogP contribution in [-0.4, -0.2) is 31.6 Å². The first-order chi connectivity index (χ1) is 14.4. The van der Waals surface area contributed by atoms with Gasteiger partial charge in [-0.05, 0) is 35.7 Å². The normalized spacial score (nSPS) is 11.3. The Bertz CT molecular complexity index is 937. The van der Waals surface area contributed by atoms with E-state index in [4.69, 9.17) is 15.9 Å². The summed E-state index contributed by atoms with van der Waals surface area (Å²) in [7, 11) is 1.52. The van der Waals surface area contributed by atoms with Gasteiger partial charge < -0.3 is 20.1 Å². The number of hydrogen-bond acceptors (Lipinski definition) is 4. The Morgan fingerprint density at radius 3 is 2.53 bits per heavy atom. The summed E-state index contributed by atoms with van der Waals surface area (Å²) in [5.74, 6) is 1.51. The average Bonchev–Trinajstić information content (AvgIpc) is 2.74. The molecule has 158 valence electrons. The van der Waals surface area contributed by atoms with Gasteiger partial charge in [0.1, 0.15) is 18.5 Å². The van der Waals surface area contributed by atoms with Crippen molar-refractivity contribution >= 4 is 11.8 Å². The third-order valence-corrected chi connectivity index (χ3v) is 4.36. The maximum absolute atomic E-state index is 13.9. The molecular formula is C23H25FN2O4. The molecule has 1 unspecified atom stereocenters. The van der Waals surface area contributed by atoms with E-state index in [9.17, 15) is 14.0 Å². The highest BCUT2D eigenvalue weighted by Gasteiger charge is 2.25. The standard InChI is InChI=1S/C23H25FN2O4/c1-5-12-30-20-13-16(10-11-19(20)29-4)14-25-23(28)21(15(2)3)26-22(27)17-8-6-7-9-18(17)24/h1,6-11,13,15,21H,12,14H2,2-4H3,(H,25,28)(H,26,27). The third kappa shape index (κ3) is 5.98. The topological polar surface area (TPSA) is 76.7 Å². The summed E-state index contributed by atoms with van der Waals surface area (Å²) in [5.41, 5.74) is 0.653. The molecule has 6 nitrogen and oxygen atoms in total. The molecule has 0 radical (unpaired) electrons. The Labute approximate surface area is 175 Å². The summed E-state index contributed by atoms with van der Waals surface area (Å²) in [6.45, 7) is 3.88. The van der Waals surface area contributed by atoms with Crippen LogP contribution in [0.15, 0.2) is 42.5 Å². The van der Waals surface area contributed by atoms with E-state index in [2.05, 4.69) is 16.6 Å². The van der Waals surface area contributed by atoms with Crippen LogP contribution >= 0.6 is 0 Å². The number of halogens is 1. The molecule has 0 aliphatic rings. The molecule has 1 atom stereocenters. The second kappa shape index (κ2) is 10.9. The van der Waals surface area contributed by atoms with Crippen LogP contribution in [0, 0.1) is 24.1 Å². The van der Waals surface area contributed by atoms with Crippen LogP contribution in [0.3, 0.4) is 0 Å². The second-order valence-electron chi connectivity index (χ2n) is 6.87. The number of hydrogen-bond donors (Lipinski definition) is 2. The molecule has 2 amide bonds. The van der Waals surface area contributed by atoms with Crippen LogP contribution in [0.2, 0.25) is 0 Å². The van der Waals surface area contributed by atoms with Gasteiger partial charge in [-0.2, -0.15) is 0 Å². The largest absolute Gasteiger partial charge is 0.493 e. The first kappa shape index (κ1) is 22.8. The van der Waals surface area contributed by atoms with Crippen molar-refractivity contribution in [3.8, 4) is 23.8 Å². The second-order valence-corrected chi connectivity index (χ2v) is 6.87. The van der Waals surface area contributed by atoms with Gasteiger partial charge in [-0.3, -0.25) is 9.59 Å². The zero-order valence-electron chi connectivity index (χ0n) is 17.2. The van der Waals surface area contributed by atoms with Crippen LogP contribution < -0.4 is 20.1 Å². The summed E-state index contributed by atoms with van der Waals surface area (Å²) in [6, 6.07) is 10.0. The quantitative estimate of drug-likeness (QED) is 0.621. The first-order valence-electron chi connectivity index (χ1n) is 9.43. The molecule has 2 aromatic rings. The van der Waals surface area contributed by atoms with Crippen LogP contribution in [0.5, 0.6) is 11.5 Å². The summed E-state index contributed by atoms with van der Waals surface area (Å²) in [4.78, 5) is 25.1. The Morgan fingerprint density at radius 2 is 1.90 bits per heavy atom. The van der Waals surface area contributed by atoms with Gasteiger partial charge in [0.15, 0.2) is 11.5 Å². The lowest BCUT2D eigenvalue weighted by molar-refractivity contribution is -0.124. The van der Waals surface area contributed by atoms with Gasteiger partial charge in [0, 0.05) is 6.54 Å². The monoisotopic (exact) mass is 412 g/mol. The molecule has 0 fully saturated rings. The molecule has 2 N–H and O–H groups in total. The van der Waals surface area contributed by atoms with Gasteiger partial charge in [0.2, 0.25) is 5.91 Å². The van der Waals surface area contributed by atoms with Crippen molar-refractivity contribution in [3.63, 3.8) is 0 Å². The van der Waals surface area contributed by atoms with Crippen molar-refractivity contribution in [2.24, 2.45) is 5.92 Å². The van der Waals surface area contributed by atoms with E-state index in [0.717, 1.165) is 5.56 Å². The minimum Gasteiger partial charge on any atom is -0.493 e. The van der Waals surface area contributed by atoms with E-state index >= 15 is 0 Å². The Morgan fingerprint density at radius 1 is 1.17 bits per heavy atom. The van der Waals surface area contributed by atoms with E-state index < -0.39 is 17.8 Å². The highest BCUT2D eigenvalue weighted by molar-refractivity contribution is 5.97. The Balaban J connectivity index is 2.06. The summed E-state index contributed by atoms with van der Waals surface area (Å²) < 4.78 is 24.5. The van der Waals surface area contributed by atoms with Crippen molar-refractivity contribution in [2.45, 2.75) is 26.4 Å². The van der Waals surface area contributed by atoms with Crippen LogP contribution in [0.25, 0.3) is 0 Å². The highest BCUT2D eigenvalue weighted by Crippen LogP contribution is 2.28. The number of ether oxygens (including phenoxy) is 2. The molecule has 0 saturated heterocycles. The highest BCUT2D eigenvalue weighted by atomic mass is 19.1. The number of methoxy groups -OCH3 is 1. The average molecular weight is 412 g/mol. The van der Waals surface area contributed by atoms with Crippen LogP contribution in [-0.2, 0) is 11.3 Å². The molecule has 0 spiro atoms. The van der Waals surface area contributed by atoms with E-state index in [1.165, 1.54) is 25.3 Å². The van der Waals surface area contributed by atoms with Crippen molar-refractivity contribution in [1.29, 1.82) is 0 Å². The first-order valence-corrected chi connectivity index (χ1v) is 9.43. The minimum absolute atomic E-state index is 0.0870. The van der Waals surface area contributed by atoms with Gasteiger partial charge in [-0.1, -0.05) is 38.0 Å². The van der Waals surface area contributed by atoms with Crippen LogP contribution in [0.1, 0.15) is 29.8 Å². The van der Waals surface area contributed by atoms with Gasteiger partial charge in [0.05, 0.1) is 12.7 Å². The maximum Gasteiger partial charge on any atom is 0.254 e. The molecule has 0 saturated carbocycles. The fourth-order valence-electron chi connectivity index (χ4n) is 2.76. The van der Waals surface area contributed by atoms with Crippen molar-refractivity contribution < 1.29 is 23.5 Å². The lowest BCUT2D eigenvalue weighted by atomic mass is 10.0. The number of rotatable bonds is 9. The fraction of sp³-hybridized carbons (Fsp3) is 0.304. The zero-order chi connectivity index (χ0) is 22.1. The Kier molecular flexibility index (Phi) is 8.24. The van der Waals surface area contributed by atoms with Gasteiger partial charge in [-0.15, -0.1) is 6.42 Å². The van der Waals surface area contributed by atoms with Crippen molar-refractivity contribution in [1.82, 2.24) is 10.6 Å². The van der Waals surface area contributed by atoms with Gasteiger partial charge in [-0.25, -0.2) is 4.39 Å². The molecule has 0 aliphatic heterocycles. The predicted molar refractivity (Wildman–Crippen MR) is 112 cm³/mol. The minimum atomic E-state index is -0.826. The number of benzene rings is 2. The van der Waals surface area contributed by atoms with Crippen molar-refractivity contribution in [2.75, 3.05) is 13.7 Å². The Hall–Kier alpha value is -3.53. The number of carbonyl (C=O) groups is 2. The maximum atomic E-state index is 13.9. The van der Waals surface area contributed by atoms with E-state index in [-0.39, 0.29) is 30.5 Å². The fourth-order valence-corrected chi connectivity index (χ4v) is 2.76. The molecule has 7 heteroatoms. The smallest absolute Gasteiger partial charge is 0.254 e. The van der Waals surface area contributed by atoms with Gasteiger partial charge >= 0.3 is 0 Å². The van der Waals surface area contributed by atoms with Crippen molar-refractivity contribution in [3.05, 3.63) is 59.4 Å². The molecule has 2 rings (SSSR count). The molecule has 2 aromatic carbocycles. The SMILES string of the molecule is C#CCOc1cc(CNC(=O)C(NC(=O)c2ccccc2F)C(C)C)ccc1OC. The summed E-state index contributed by atoms with van der Waals surface area (Å²) >= 11 is 0. The van der Waals surface area contributed by atoms with Gasteiger partial charge in [0.25, 0.3) is 5.91 Å². The summed E-state index contributed by atoms with van der Waals surface area (Å²) in [5, 5.41) is 5.40. The molecule has 30 heavy (non-hydrogen) atoms. The number of nitrogens with one attached hydrogen (secondary N) is 2. The predicted octanol–water partition coefficient (Wildman–Crippen LogP) is 2.92. The van der Waals surface area contributed by atoms with E-state index in [1.54, 1.807) is 38.1 Å². The lowest BCUT2D eigenvalue weighted by Crippen LogP contribution is -2.49. The molecule has 0 aliphatic carbocycles. The van der Waals surface area contributed by atoms with Crippen LogP contribution in [0.4, 0.5) is 4.39 Å². The number of amides is 2. The number of terminal acetylenes is 1. The zero-order valence-corrected chi connectivity index (χ0v) is 17.2. The molecule has 0 heterocycles. The molecule has 0 aromatic heterocycles. The lowest BCUT2D eigenvalue weighted by Gasteiger charge is -2.22. The van der Waals surface area contributed by atoms with E-state index in [1.807, 2.05) is 0 Å². The molecule has 0 bridgehead atoms. The summed E-state index contributed by atoms with van der Waals surface area (Å²) in [6.07, 6.45) is 5.23. The molecular weight excluding hydrogens is 387 g/mol. The number of carbonyl (C=O) groups excluding carboxylic acids is 2. The third-order valence-electron chi connectivity index (χ3n) is 4.36.